The molecule has 0 bridgehead atoms. The van der Waals surface area contributed by atoms with Crippen LogP contribution in [0.4, 0.5) is 5.69 Å². The van der Waals surface area contributed by atoms with E-state index < -0.39 is 0 Å². The van der Waals surface area contributed by atoms with Gasteiger partial charge in [0.1, 0.15) is 0 Å². The van der Waals surface area contributed by atoms with E-state index in [9.17, 15) is 4.79 Å². The largest absolute Gasteiger partial charge is 0.398 e. The Bertz CT molecular complexity index is 504. The molecule has 0 aliphatic rings. The summed E-state index contributed by atoms with van der Waals surface area (Å²) in [6.07, 6.45) is 2.64. The first kappa shape index (κ1) is 15.0. The second-order valence-electron chi connectivity index (χ2n) is 4.28. The monoisotopic (exact) mass is 255 g/mol. The summed E-state index contributed by atoms with van der Waals surface area (Å²) in [5.74, 6) is -0.0336. The normalized spacial score (nSPS) is 9.37. The number of benzene rings is 2. The maximum absolute atomic E-state index is 12.0. The molecule has 2 rings (SSSR count). The molecule has 0 unspecified atom stereocenters. The van der Waals surface area contributed by atoms with E-state index in [1.54, 1.807) is 24.3 Å². The van der Waals surface area contributed by atoms with Crippen molar-refractivity contribution in [3.63, 3.8) is 0 Å². The maximum Gasteiger partial charge on any atom is 0.195 e. The van der Waals surface area contributed by atoms with Crippen molar-refractivity contribution in [2.45, 2.75) is 26.7 Å². The number of nitrogens with two attached hydrogens (primary N) is 1. The number of rotatable bonds is 3. The van der Waals surface area contributed by atoms with Gasteiger partial charge in [0.25, 0.3) is 0 Å². The lowest BCUT2D eigenvalue weighted by Gasteiger charge is -2.03. The minimum absolute atomic E-state index is 0.0336. The van der Waals surface area contributed by atoms with Crippen molar-refractivity contribution >= 4 is 11.5 Å². The van der Waals surface area contributed by atoms with Crippen molar-refractivity contribution in [2.24, 2.45) is 0 Å². The number of hydrogen-bond donors (Lipinski definition) is 1. The summed E-state index contributed by atoms with van der Waals surface area (Å²) in [6.45, 7) is 4.36. The third kappa shape index (κ3) is 4.59. The fourth-order valence-electron chi connectivity index (χ4n) is 1.45. The van der Waals surface area contributed by atoms with Gasteiger partial charge >= 0.3 is 0 Å². The lowest BCUT2D eigenvalue weighted by atomic mass is 10.0. The van der Waals surface area contributed by atoms with Gasteiger partial charge in [-0.2, -0.15) is 0 Å². The van der Waals surface area contributed by atoms with E-state index in [0.717, 1.165) is 0 Å². The Balaban J connectivity index is 0.000000399. The summed E-state index contributed by atoms with van der Waals surface area (Å²) in [5, 5.41) is 0. The van der Waals surface area contributed by atoms with Crippen LogP contribution in [0.1, 0.15) is 42.6 Å². The van der Waals surface area contributed by atoms with Crippen molar-refractivity contribution in [1.82, 2.24) is 0 Å². The SMILES string of the molecule is CCCC.Nc1ccccc1C(=O)c1ccccc1. The predicted octanol–water partition coefficient (Wildman–Crippen LogP) is 4.31. The maximum atomic E-state index is 12.0. The Labute approximate surface area is 115 Å². The first-order valence-electron chi connectivity index (χ1n) is 6.65. The highest BCUT2D eigenvalue weighted by molar-refractivity contribution is 6.11. The molecule has 0 aliphatic heterocycles. The van der Waals surface area contributed by atoms with Gasteiger partial charge in [-0.1, -0.05) is 69.2 Å². The van der Waals surface area contributed by atoms with Crippen molar-refractivity contribution in [2.75, 3.05) is 5.73 Å². The van der Waals surface area contributed by atoms with Gasteiger partial charge in [0.05, 0.1) is 0 Å². The molecule has 0 saturated carbocycles. The van der Waals surface area contributed by atoms with E-state index in [4.69, 9.17) is 5.73 Å². The van der Waals surface area contributed by atoms with E-state index in [1.807, 2.05) is 30.3 Å². The van der Waals surface area contributed by atoms with Crippen LogP contribution in [0, 0.1) is 0 Å². The fraction of sp³-hybridized carbons (Fsp3) is 0.235. The molecule has 0 aromatic heterocycles. The van der Waals surface area contributed by atoms with Gasteiger partial charge in [0, 0.05) is 16.8 Å². The molecule has 0 saturated heterocycles. The molecule has 0 atom stereocenters. The van der Waals surface area contributed by atoms with E-state index in [-0.39, 0.29) is 5.78 Å². The van der Waals surface area contributed by atoms with Gasteiger partial charge in [-0.05, 0) is 12.1 Å². The molecular weight excluding hydrogens is 234 g/mol. The van der Waals surface area contributed by atoms with Crippen LogP contribution < -0.4 is 5.73 Å². The second kappa shape index (κ2) is 8.09. The van der Waals surface area contributed by atoms with E-state index in [1.165, 1.54) is 12.8 Å². The third-order valence-corrected chi connectivity index (χ3v) is 2.74. The molecule has 0 amide bonds. The highest BCUT2D eigenvalue weighted by atomic mass is 16.1. The molecule has 0 heterocycles. The third-order valence-electron chi connectivity index (χ3n) is 2.74. The number of ketones is 1. The molecule has 100 valence electrons. The predicted molar refractivity (Wildman–Crippen MR) is 81.3 cm³/mol. The minimum atomic E-state index is -0.0336. The topological polar surface area (TPSA) is 43.1 Å². The van der Waals surface area contributed by atoms with Gasteiger partial charge in [0.2, 0.25) is 0 Å². The Morgan fingerprint density at radius 3 is 1.95 bits per heavy atom. The molecule has 2 nitrogen and oxygen atoms in total. The van der Waals surface area contributed by atoms with Crippen molar-refractivity contribution in [1.29, 1.82) is 0 Å². The van der Waals surface area contributed by atoms with Crippen LogP contribution in [0.3, 0.4) is 0 Å². The fourth-order valence-corrected chi connectivity index (χ4v) is 1.45. The molecule has 2 heteroatoms. The summed E-state index contributed by atoms with van der Waals surface area (Å²) in [5.41, 5.74) is 7.48. The number of para-hydroxylation sites is 1. The summed E-state index contributed by atoms with van der Waals surface area (Å²) in [7, 11) is 0. The average molecular weight is 255 g/mol. The number of carbonyl (C=O) groups is 1. The highest BCUT2D eigenvalue weighted by Crippen LogP contribution is 2.15. The molecule has 2 N–H and O–H groups in total. The van der Waals surface area contributed by atoms with Crippen LogP contribution in [0.2, 0.25) is 0 Å². The summed E-state index contributed by atoms with van der Waals surface area (Å²) in [4.78, 5) is 12.0. The summed E-state index contributed by atoms with van der Waals surface area (Å²) < 4.78 is 0. The molecule has 2 aromatic carbocycles. The number of anilines is 1. The Hall–Kier alpha value is -2.09. The van der Waals surface area contributed by atoms with Crippen LogP contribution in [0.25, 0.3) is 0 Å². The zero-order valence-corrected chi connectivity index (χ0v) is 11.6. The number of hydrogen-bond acceptors (Lipinski definition) is 2. The van der Waals surface area contributed by atoms with Crippen LogP contribution in [0.15, 0.2) is 54.6 Å². The van der Waals surface area contributed by atoms with Gasteiger partial charge in [-0.3, -0.25) is 4.79 Å². The van der Waals surface area contributed by atoms with Gasteiger partial charge in [-0.15, -0.1) is 0 Å². The van der Waals surface area contributed by atoms with Gasteiger partial charge < -0.3 is 5.73 Å². The van der Waals surface area contributed by atoms with Crippen LogP contribution >= 0.6 is 0 Å². The minimum Gasteiger partial charge on any atom is -0.398 e. The number of unbranched alkanes of at least 4 members (excludes halogenated alkanes) is 1. The molecule has 19 heavy (non-hydrogen) atoms. The van der Waals surface area contributed by atoms with Crippen molar-refractivity contribution in [3.8, 4) is 0 Å². The lowest BCUT2D eigenvalue weighted by molar-refractivity contribution is 0.103. The molecule has 2 aromatic rings. The molecule has 0 aliphatic carbocycles. The summed E-state index contributed by atoms with van der Waals surface area (Å²) >= 11 is 0. The number of carbonyl (C=O) groups excluding carboxylic acids is 1. The van der Waals surface area contributed by atoms with E-state index >= 15 is 0 Å². The molecule has 0 radical (unpaired) electrons. The average Bonchev–Trinajstić information content (AvgIpc) is 2.48. The highest BCUT2D eigenvalue weighted by Gasteiger charge is 2.10. The first-order valence-corrected chi connectivity index (χ1v) is 6.65. The summed E-state index contributed by atoms with van der Waals surface area (Å²) in [6, 6.07) is 16.2. The standard InChI is InChI=1S/C13H11NO.C4H10/c14-12-9-5-4-8-11(12)13(15)10-6-2-1-3-7-10;1-3-4-2/h1-9H,14H2;3-4H2,1-2H3. The van der Waals surface area contributed by atoms with Crippen molar-refractivity contribution in [3.05, 3.63) is 65.7 Å². The smallest absolute Gasteiger partial charge is 0.195 e. The molecular formula is C17H21NO. The van der Waals surface area contributed by atoms with E-state index in [0.29, 0.717) is 16.8 Å². The Morgan fingerprint density at radius 1 is 0.895 bits per heavy atom. The molecule has 0 spiro atoms. The zero-order chi connectivity index (χ0) is 14.1. The first-order chi connectivity index (χ1) is 9.20. The Morgan fingerprint density at radius 2 is 1.42 bits per heavy atom. The lowest BCUT2D eigenvalue weighted by Crippen LogP contribution is -2.04. The quantitative estimate of drug-likeness (QED) is 0.656. The van der Waals surface area contributed by atoms with E-state index in [2.05, 4.69) is 13.8 Å². The zero-order valence-electron chi connectivity index (χ0n) is 11.6. The number of nitrogen functional groups attached to an aromatic ring is 1. The van der Waals surface area contributed by atoms with Crippen LogP contribution in [-0.4, -0.2) is 5.78 Å². The van der Waals surface area contributed by atoms with Gasteiger partial charge in [-0.25, -0.2) is 0 Å². The van der Waals surface area contributed by atoms with Crippen LogP contribution in [-0.2, 0) is 0 Å². The van der Waals surface area contributed by atoms with Crippen molar-refractivity contribution < 1.29 is 4.79 Å². The second-order valence-corrected chi connectivity index (χ2v) is 4.28. The van der Waals surface area contributed by atoms with Crippen LogP contribution in [0.5, 0.6) is 0 Å². The molecule has 0 fully saturated rings. The van der Waals surface area contributed by atoms with Gasteiger partial charge in [0.15, 0.2) is 5.78 Å². The Kier molecular flexibility index (Phi) is 6.37.